The third-order valence-electron chi connectivity index (χ3n) is 6.43. The van der Waals surface area contributed by atoms with Gasteiger partial charge >= 0.3 is 0 Å². The highest BCUT2D eigenvalue weighted by molar-refractivity contribution is 9.10. The van der Waals surface area contributed by atoms with Gasteiger partial charge in [0.2, 0.25) is 11.8 Å². The highest BCUT2D eigenvalue weighted by atomic mass is 79.9. The minimum atomic E-state index is -1.41. The molecule has 0 bridgehead atoms. The first kappa shape index (κ1) is 31.2. The number of halogens is 2. The Hall–Kier alpha value is -3.06. The number of amides is 3. The van der Waals surface area contributed by atoms with Crippen molar-refractivity contribution in [2.75, 3.05) is 19.8 Å². The van der Waals surface area contributed by atoms with Crippen LogP contribution < -0.4 is 27.0 Å². The Balaban J connectivity index is 2.09. The third-order valence-corrected chi connectivity index (χ3v) is 6.96. The molecule has 3 atom stereocenters. The second kappa shape index (κ2) is 16.0. The summed E-state index contributed by atoms with van der Waals surface area (Å²) in [5, 5.41) is 27.2. The van der Waals surface area contributed by atoms with E-state index in [1.165, 1.54) is 0 Å². The van der Waals surface area contributed by atoms with Crippen LogP contribution in [0.2, 0.25) is 0 Å². The first-order chi connectivity index (χ1) is 18.2. The summed E-state index contributed by atoms with van der Waals surface area (Å²) in [5.41, 5.74) is 5.57. The van der Waals surface area contributed by atoms with Gasteiger partial charge in [-0.2, -0.15) is 0 Å². The summed E-state index contributed by atoms with van der Waals surface area (Å²) < 4.78 is 13.9. The Labute approximate surface area is 229 Å². The van der Waals surface area contributed by atoms with E-state index in [1.54, 1.807) is 24.3 Å². The summed E-state index contributed by atoms with van der Waals surface area (Å²) >= 11 is 3.32. The van der Waals surface area contributed by atoms with Crippen LogP contribution in [-0.2, 0) is 14.4 Å². The van der Waals surface area contributed by atoms with Crippen LogP contribution in [0.5, 0.6) is 0 Å². The first-order valence-corrected chi connectivity index (χ1v) is 13.4. The predicted molar refractivity (Wildman–Crippen MR) is 143 cm³/mol. The fourth-order valence-electron chi connectivity index (χ4n) is 4.35. The molecule has 1 aromatic carbocycles. The second-order valence-corrected chi connectivity index (χ2v) is 10.2. The number of carbonyl (C=O) groups is 4. The second-order valence-electron chi connectivity index (χ2n) is 9.24. The first-order valence-electron chi connectivity index (χ1n) is 12.6. The fourth-order valence-corrected chi connectivity index (χ4v) is 4.62. The van der Waals surface area contributed by atoms with Crippen LogP contribution in [0.3, 0.4) is 0 Å². The van der Waals surface area contributed by atoms with E-state index in [1.807, 2.05) is 0 Å². The minimum absolute atomic E-state index is 0.0643. The largest absolute Gasteiger partial charge is 0.394 e. The maximum Gasteiger partial charge on any atom is 0.251 e. The van der Waals surface area contributed by atoms with Gasteiger partial charge in [0.05, 0.1) is 12.6 Å². The molecule has 1 aliphatic rings. The van der Waals surface area contributed by atoms with Gasteiger partial charge in [-0.05, 0) is 55.9 Å². The Morgan fingerprint density at radius 2 is 1.66 bits per heavy atom. The van der Waals surface area contributed by atoms with Crippen molar-refractivity contribution in [1.82, 2.24) is 21.3 Å². The molecule has 0 spiro atoms. The fraction of sp³-hybridized carbons (Fsp3) is 0.560. The lowest BCUT2D eigenvalue weighted by Crippen LogP contribution is -2.58. The summed E-state index contributed by atoms with van der Waals surface area (Å²) in [6.45, 7) is -1.83. The van der Waals surface area contributed by atoms with Gasteiger partial charge in [0.1, 0.15) is 18.8 Å². The number of alkyl halides is 1. The van der Waals surface area contributed by atoms with E-state index < -0.39 is 54.9 Å². The van der Waals surface area contributed by atoms with Crippen molar-refractivity contribution in [1.29, 1.82) is 5.41 Å². The Morgan fingerprint density at radius 3 is 2.24 bits per heavy atom. The molecule has 8 N–H and O–H groups in total. The Kier molecular flexibility index (Phi) is 13.1. The molecule has 2 rings (SSSR count). The van der Waals surface area contributed by atoms with E-state index in [0.29, 0.717) is 12.0 Å². The SMILES string of the molecule is N=C(N)NCCCC(NC(=O)C(CO)NC(=O)[C@@H](NC(=O)c1ccc(Br)cc1)C1CCCCC1)C(=O)CF. The van der Waals surface area contributed by atoms with Crippen LogP contribution >= 0.6 is 15.9 Å². The van der Waals surface area contributed by atoms with Gasteiger partial charge in [-0.3, -0.25) is 24.6 Å². The number of guanidine groups is 1. The molecule has 0 heterocycles. The van der Waals surface area contributed by atoms with Crippen molar-refractivity contribution in [3.05, 3.63) is 34.3 Å². The van der Waals surface area contributed by atoms with Crippen molar-refractivity contribution in [2.45, 2.75) is 63.1 Å². The van der Waals surface area contributed by atoms with Crippen molar-refractivity contribution >= 4 is 45.4 Å². The molecule has 0 radical (unpaired) electrons. The summed E-state index contributed by atoms with van der Waals surface area (Å²) in [6.07, 6.45) is 4.63. The van der Waals surface area contributed by atoms with Crippen LogP contribution in [0.15, 0.2) is 28.7 Å². The van der Waals surface area contributed by atoms with Crippen molar-refractivity contribution < 1.29 is 28.7 Å². The highest BCUT2D eigenvalue weighted by Crippen LogP contribution is 2.27. The van der Waals surface area contributed by atoms with Gasteiger partial charge in [0.15, 0.2) is 11.7 Å². The molecule has 210 valence electrons. The quantitative estimate of drug-likeness (QED) is 0.0940. The van der Waals surface area contributed by atoms with Crippen LogP contribution in [0.25, 0.3) is 0 Å². The molecule has 1 aliphatic carbocycles. The number of nitrogens with two attached hydrogens (primary N) is 1. The molecular weight excluding hydrogens is 563 g/mol. The Bertz CT molecular complexity index is 973. The topological polar surface area (TPSA) is 186 Å². The normalized spacial score (nSPS) is 16.0. The van der Waals surface area contributed by atoms with E-state index in [4.69, 9.17) is 11.1 Å². The molecule has 1 aromatic rings. The zero-order chi connectivity index (χ0) is 28.1. The zero-order valence-electron chi connectivity index (χ0n) is 21.1. The number of hydrogen-bond acceptors (Lipinski definition) is 6. The number of benzene rings is 1. The number of aliphatic hydroxyl groups excluding tert-OH is 1. The molecule has 11 nitrogen and oxygen atoms in total. The maximum absolute atomic E-state index is 13.3. The van der Waals surface area contributed by atoms with Gasteiger partial charge < -0.3 is 32.1 Å². The van der Waals surface area contributed by atoms with Crippen molar-refractivity contribution in [3.63, 3.8) is 0 Å². The van der Waals surface area contributed by atoms with E-state index in [2.05, 4.69) is 37.2 Å². The number of hydrogen-bond donors (Lipinski definition) is 7. The van der Waals surface area contributed by atoms with E-state index in [-0.39, 0.29) is 24.8 Å². The van der Waals surface area contributed by atoms with Crippen molar-refractivity contribution in [2.24, 2.45) is 11.7 Å². The average molecular weight is 600 g/mol. The molecule has 38 heavy (non-hydrogen) atoms. The Morgan fingerprint density at radius 1 is 1.03 bits per heavy atom. The van der Waals surface area contributed by atoms with Crippen molar-refractivity contribution in [3.8, 4) is 0 Å². The summed E-state index contributed by atoms with van der Waals surface area (Å²) in [5.74, 6) is -3.19. The number of aliphatic hydroxyl groups is 1. The number of Topliss-reactive ketones (excluding diaryl/α,β-unsaturated/α-hetero) is 1. The van der Waals surface area contributed by atoms with E-state index in [0.717, 1.165) is 36.6 Å². The molecule has 0 aliphatic heterocycles. The van der Waals surface area contributed by atoms with Gasteiger partial charge in [0.25, 0.3) is 5.91 Å². The molecule has 3 amide bonds. The van der Waals surface area contributed by atoms with Crippen LogP contribution in [0.4, 0.5) is 4.39 Å². The van der Waals surface area contributed by atoms with E-state index >= 15 is 0 Å². The third kappa shape index (κ3) is 10.0. The number of nitrogens with one attached hydrogen (secondary N) is 5. The molecule has 13 heteroatoms. The van der Waals surface area contributed by atoms with Gasteiger partial charge in [0, 0.05) is 16.6 Å². The standard InChI is InChI=1S/C25H36BrFN6O5/c26-17-10-8-16(9-11-17)22(36)33-21(15-5-2-1-3-6-15)24(38)32-19(14-34)23(37)31-18(20(35)13-27)7-4-12-30-25(28)29/h8-11,15,18-19,21,34H,1-7,12-14H2,(H,31,37)(H,32,38)(H,33,36)(H4,28,29,30)/t18?,19?,21-/m0/s1. The smallest absolute Gasteiger partial charge is 0.251 e. The van der Waals surface area contributed by atoms with E-state index in [9.17, 15) is 28.7 Å². The lowest BCUT2D eigenvalue weighted by Gasteiger charge is -2.31. The lowest BCUT2D eigenvalue weighted by molar-refractivity contribution is -0.133. The van der Waals surface area contributed by atoms with Crippen LogP contribution in [0, 0.1) is 11.3 Å². The van der Waals surface area contributed by atoms with Gasteiger partial charge in [-0.25, -0.2) is 4.39 Å². The average Bonchev–Trinajstić information content (AvgIpc) is 2.91. The highest BCUT2D eigenvalue weighted by Gasteiger charge is 2.34. The summed E-state index contributed by atoms with van der Waals surface area (Å²) in [4.78, 5) is 51.0. The minimum Gasteiger partial charge on any atom is -0.394 e. The predicted octanol–water partition coefficient (Wildman–Crippen LogP) is 0.892. The molecule has 0 aromatic heterocycles. The lowest BCUT2D eigenvalue weighted by atomic mass is 9.83. The van der Waals surface area contributed by atoms with Gasteiger partial charge in [-0.15, -0.1) is 0 Å². The summed E-state index contributed by atoms with van der Waals surface area (Å²) in [6, 6.07) is 3.13. The summed E-state index contributed by atoms with van der Waals surface area (Å²) in [7, 11) is 0. The monoisotopic (exact) mass is 598 g/mol. The number of ketones is 1. The molecule has 1 saturated carbocycles. The number of rotatable bonds is 14. The molecular formula is C25H36BrFN6O5. The molecule has 1 fully saturated rings. The number of carbonyl (C=O) groups excluding carboxylic acids is 4. The van der Waals surface area contributed by atoms with Crippen LogP contribution in [-0.4, -0.2) is 72.5 Å². The molecule has 2 unspecified atom stereocenters. The molecule has 0 saturated heterocycles. The van der Waals surface area contributed by atoms with Crippen LogP contribution in [0.1, 0.15) is 55.3 Å². The maximum atomic E-state index is 13.3. The van der Waals surface area contributed by atoms with Gasteiger partial charge in [-0.1, -0.05) is 35.2 Å². The zero-order valence-corrected chi connectivity index (χ0v) is 22.7.